The summed E-state index contributed by atoms with van der Waals surface area (Å²) >= 11 is 1.29. The molecule has 0 radical (unpaired) electrons. The number of thioether (sulfide) groups is 1. The van der Waals surface area contributed by atoms with Gasteiger partial charge in [0, 0.05) is 16.9 Å². The molecule has 7 nitrogen and oxygen atoms in total. The maximum Gasteiger partial charge on any atom is 0.337 e. The predicted octanol–water partition coefficient (Wildman–Crippen LogP) is 4.76. The molecule has 0 spiro atoms. The number of aryl methyl sites for hydroxylation is 1. The van der Waals surface area contributed by atoms with Crippen molar-refractivity contribution < 1.29 is 14.3 Å². The summed E-state index contributed by atoms with van der Waals surface area (Å²) in [5.74, 6) is 0.159. The van der Waals surface area contributed by atoms with Gasteiger partial charge in [0.05, 0.1) is 18.4 Å². The number of para-hydroxylation sites is 1. The number of hydrogen-bond donors (Lipinski definition) is 1. The molecule has 0 fully saturated rings. The molecule has 0 aliphatic heterocycles. The van der Waals surface area contributed by atoms with Gasteiger partial charge in [-0.3, -0.25) is 9.36 Å². The number of carbonyl (C=O) groups excluding carboxylic acids is 2. The largest absolute Gasteiger partial charge is 0.465 e. The van der Waals surface area contributed by atoms with Crippen LogP contribution in [-0.4, -0.2) is 39.5 Å². The van der Waals surface area contributed by atoms with Crippen LogP contribution in [0.1, 0.15) is 15.9 Å². The third kappa shape index (κ3) is 5.12. The minimum atomic E-state index is -0.454. The van der Waals surface area contributed by atoms with Crippen LogP contribution in [0, 0.1) is 6.92 Å². The van der Waals surface area contributed by atoms with E-state index in [1.807, 2.05) is 72.2 Å². The molecule has 8 heteroatoms. The van der Waals surface area contributed by atoms with Gasteiger partial charge < -0.3 is 10.1 Å². The third-order valence-corrected chi connectivity index (χ3v) is 5.87. The van der Waals surface area contributed by atoms with Crippen LogP contribution in [0.2, 0.25) is 0 Å². The van der Waals surface area contributed by atoms with E-state index in [9.17, 15) is 9.59 Å². The highest BCUT2D eigenvalue weighted by molar-refractivity contribution is 7.99. The molecule has 0 unspecified atom stereocenters. The maximum absolute atomic E-state index is 12.7. The average Bonchev–Trinajstić information content (AvgIpc) is 3.28. The van der Waals surface area contributed by atoms with E-state index in [0.717, 1.165) is 16.8 Å². The lowest BCUT2D eigenvalue weighted by molar-refractivity contribution is -0.113. The molecule has 4 aromatic rings. The molecule has 1 heterocycles. The summed E-state index contributed by atoms with van der Waals surface area (Å²) in [5.41, 5.74) is 3.63. The zero-order valence-corrected chi connectivity index (χ0v) is 19.0. The molecule has 1 amide bonds. The summed E-state index contributed by atoms with van der Waals surface area (Å²) in [4.78, 5) is 24.5. The normalized spacial score (nSPS) is 10.6. The molecular weight excluding hydrogens is 436 g/mol. The first-order valence-corrected chi connectivity index (χ1v) is 11.2. The van der Waals surface area contributed by atoms with Crippen molar-refractivity contribution in [3.63, 3.8) is 0 Å². The summed E-state index contributed by atoms with van der Waals surface area (Å²) in [6.07, 6.45) is 0. The fraction of sp³-hybridized carbons (Fsp3) is 0.120. The molecule has 0 saturated heterocycles. The van der Waals surface area contributed by atoms with Crippen molar-refractivity contribution in [3.05, 3.63) is 90.0 Å². The molecule has 0 aliphatic carbocycles. The molecule has 1 aromatic heterocycles. The van der Waals surface area contributed by atoms with Gasteiger partial charge in [-0.2, -0.15) is 0 Å². The van der Waals surface area contributed by atoms with Gasteiger partial charge in [-0.25, -0.2) is 4.79 Å². The van der Waals surface area contributed by atoms with E-state index < -0.39 is 5.97 Å². The Bertz CT molecular complexity index is 1270. The van der Waals surface area contributed by atoms with Crippen LogP contribution >= 0.6 is 11.8 Å². The molecule has 0 aliphatic rings. The Kier molecular flexibility index (Phi) is 6.85. The van der Waals surface area contributed by atoms with E-state index in [-0.39, 0.29) is 11.7 Å². The second-order valence-electron chi connectivity index (χ2n) is 7.20. The summed E-state index contributed by atoms with van der Waals surface area (Å²) in [7, 11) is 1.32. The Labute approximate surface area is 195 Å². The molecule has 0 saturated carbocycles. The van der Waals surface area contributed by atoms with Crippen LogP contribution in [0.4, 0.5) is 5.69 Å². The van der Waals surface area contributed by atoms with Crippen LogP contribution in [-0.2, 0) is 9.53 Å². The van der Waals surface area contributed by atoms with Crippen LogP contribution < -0.4 is 5.32 Å². The Morgan fingerprint density at radius 2 is 1.67 bits per heavy atom. The monoisotopic (exact) mass is 458 g/mol. The standard InChI is InChI=1S/C25H22N4O3S/c1-17-13-14-19(24(31)32-2)15-21(17)26-22(30)16-33-25-28-27-23(18-9-5-3-6-10-18)29(25)20-11-7-4-8-12-20/h3-15H,16H2,1-2H3,(H,26,30). The van der Waals surface area contributed by atoms with E-state index in [1.165, 1.54) is 18.9 Å². The number of esters is 1. The fourth-order valence-electron chi connectivity index (χ4n) is 3.27. The lowest BCUT2D eigenvalue weighted by atomic mass is 10.1. The van der Waals surface area contributed by atoms with Gasteiger partial charge in [-0.05, 0) is 36.8 Å². The van der Waals surface area contributed by atoms with Gasteiger partial charge in [0.25, 0.3) is 0 Å². The third-order valence-electron chi connectivity index (χ3n) is 4.94. The summed E-state index contributed by atoms with van der Waals surface area (Å²) < 4.78 is 6.70. The Morgan fingerprint density at radius 3 is 2.36 bits per heavy atom. The zero-order chi connectivity index (χ0) is 23.2. The highest BCUT2D eigenvalue weighted by Gasteiger charge is 2.17. The topological polar surface area (TPSA) is 86.1 Å². The number of nitrogens with zero attached hydrogens (tertiary/aromatic N) is 3. The zero-order valence-electron chi connectivity index (χ0n) is 18.2. The number of rotatable bonds is 7. The van der Waals surface area contributed by atoms with Gasteiger partial charge in [0.15, 0.2) is 11.0 Å². The van der Waals surface area contributed by atoms with Gasteiger partial charge in [-0.1, -0.05) is 66.4 Å². The highest BCUT2D eigenvalue weighted by Crippen LogP contribution is 2.28. The van der Waals surface area contributed by atoms with Gasteiger partial charge in [0.2, 0.25) is 5.91 Å². The maximum atomic E-state index is 12.7. The van der Waals surface area contributed by atoms with Crippen LogP contribution in [0.3, 0.4) is 0 Å². The van der Waals surface area contributed by atoms with Crippen LogP contribution in [0.5, 0.6) is 0 Å². The lowest BCUT2D eigenvalue weighted by Crippen LogP contribution is -2.16. The van der Waals surface area contributed by atoms with Crippen molar-refractivity contribution in [1.82, 2.24) is 14.8 Å². The van der Waals surface area contributed by atoms with E-state index in [2.05, 4.69) is 15.5 Å². The molecule has 4 rings (SSSR count). The Hall–Kier alpha value is -3.91. The SMILES string of the molecule is COC(=O)c1ccc(C)c(NC(=O)CSc2nnc(-c3ccccc3)n2-c2ccccc2)c1. The highest BCUT2D eigenvalue weighted by atomic mass is 32.2. The number of nitrogens with one attached hydrogen (secondary N) is 1. The molecule has 0 atom stereocenters. The van der Waals surface area contributed by atoms with Crippen molar-refractivity contribution in [2.24, 2.45) is 0 Å². The van der Waals surface area contributed by atoms with Crippen molar-refractivity contribution >= 4 is 29.3 Å². The Morgan fingerprint density at radius 1 is 0.970 bits per heavy atom. The first-order valence-electron chi connectivity index (χ1n) is 10.2. The van der Waals surface area contributed by atoms with E-state index >= 15 is 0 Å². The van der Waals surface area contributed by atoms with Gasteiger partial charge in [0.1, 0.15) is 0 Å². The number of ether oxygens (including phenoxy) is 1. The number of amides is 1. The smallest absolute Gasteiger partial charge is 0.337 e. The average molecular weight is 459 g/mol. The van der Waals surface area contributed by atoms with E-state index in [1.54, 1.807) is 18.2 Å². The number of hydrogen-bond acceptors (Lipinski definition) is 6. The first-order chi connectivity index (χ1) is 16.1. The summed E-state index contributed by atoms with van der Waals surface area (Å²) in [5, 5.41) is 12.2. The lowest BCUT2D eigenvalue weighted by Gasteiger charge is -2.11. The molecule has 1 N–H and O–H groups in total. The number of methoxy groups -OCH3 is 1. The van der Waals surface area contributed by atoms with Crippen molar-refractivity contribution in [2.75, 3.05) is 18.2 Å². The molecular formula is C25H22N4O3S. The number of benzene rings is 3. The summed E-state index contributed by atoms with van der Waals surface area (Å²) in [6.45, 7) is 1.86. The molecule has 33 heavy (non-hydrogen) atoms. The Balaban J connectivity index is 1.55. The van der Waals surface area contributed by atoms with Crippen molar-refractivity contribution in [1.29, 1.82) is 0 Å². The summed E-state index contributed by atoms with van der Waals surface area (Å²) in [6, 6.07) is 24.6. The first kappa shape index (κ1) is 22.3. The number of carbonyl (C=O) groups is 2. The second kappa shape index (κ2) is 10.1. The quantitative estimate of drug-likeness (QED) is 0.317. The predicted molar refractivity (Wildman–Crippen MR) is 129 cm³/mol. The second-order valence-corrected chi connectivity index (χ2v) is 8.14. The van der Waals surface area contributed by atoms with Gasteiger partial charge >= 0.3 is 5.97 Å². The molecule has 3 aromatic carbocycles. The van der Waals surface area contributed by atoms with Crippen molar-refractivity contribution in [3.8, 4) is 17.1 Å². The van der Waals surface area contributed by atoms with Crippen molar-refractivity contribution in [2.45, 2.75) is 12.1 Å². The van der Waals surface area contributed by atoms with Gasteiger partial charge in [-0.15, -0.1) is 10.2 Å². The molecule has 166 valence electrons. The number of aromatic nitrogens is 3. The van der Waals surface area contributed by atoms with E-state index in [4.69, 9.17) is 4.74 Å². The van der Waals surface area contributed by atoms with Crippen LogP contribution in [0.15, 0.2) is 84.0 Å². The van der Waals surface area contributed by atoms with E-state index in [0.29, 0.717) is 22.2 Å². The number of anilines is 1. The molecule has 0 bridgehead atoms. The van der Waals surface area contributed by atoms with Crippen LogP contribution in [0.25, 0.3) is 17.1 Å². The fourth-order valence-corrected chi connectivity index (χ4v) is 4.02. The minimum Gasteiger partial charge on any atom is -0.465 e. The minimum absolute atomic E-state index is 0.127.